The van der Waals surface area contributed by atoms with E-state index in [1.165, 1.54) is 10.6 Å². The van der Waals surface area contributed by atoms with E-state index >= 15 is 0 Å². The summed E-state index contributed by atoms with van der Waals surface area (Å²) in [5.41, 5.74) is -0.830. The summed E-state index contributed by atoms with van der Waals surface area (Å²) in [6.45, 7) is 1.85. The summed E-state index contributed by atoms with van der Waals surface area (Å²) in [6, 6.07) is 0. The number of hydrogen-bond donors (Lipinski definition) is 1. The van der Waals surface area contributed by atoms with Gasteiger partial charge in [0, 0.05) is 19.7 Å². The topological polar surface area (TPSA) is 83.9 Å². The van der Waals surface area contributed by atoms with Crippen LogP contribution in [-0.4, -0.2) is 56.4 Å². The number of carboxylic acid groups (broad SMARTS) is 1. The molecule has 1 N–H and O–H groups in total. The first-order valence-corrected chi connectivity index (χ1v) is 8.95. The van der Waals surface area contributed by atoms with Crippen molar-refractivity contribution in [3.8, 4) is 0 Å². The van der Waals surface area contributed by atoms with Crippen LogP contribution in [0.2, 0.25) is 0 Å². The van der Waals surface area contributed by atoms with Gasteiger partial charge >= 0.3 is 5.97 Å². The minimum Gasteiger partial charge on any atom is -0.481 e. The van der Waals surface area contributed by atoms with Crippen molar-refractivity contribution >= 4 is 16.0 Å². The van der Waals surface area contributed by atoms with Crippen LogP contribution in [0.15, 0.2) is 0 Å². The molecule has 0 aromatic carbocycles. The maximum absolute atomic E-state index is 11.6. The van der Waals surface area contributed by atoms with Crippen molar-refractivity contribution in [1.29, 1.82) is 0 Å². The van der Waals surface area contributed by atoms with Gasteiger partial charge in [0.25, 0.3) is 0 Å². The van der Waals surface area contributed by atoms with Gasteiger partial charge in [0.2, 0.25) is 10.0 Å². The number of piperidine rings is 1. The maximum Gasteiger partial charge on any atom is 0.311 e. The molecule has 0 aliphatic carbocycles. The van der Waals surface area contributed by atoms with Crippen LogP contribution in [-0.2, 0) is 19.6 Å². The number of hydrogen-bond acceptors (Lipinski definition) is 4. The average molecular weight is 305 g/mol. The van der Waals surface area contributed by atoms with Crippen LogP contribution in [0.4, 0.5) is 0 Å². The molecule has 2 saturated heterocycles. The molecule has 2 aliphatic heterocycles. The molecule has 2 fully saturated rings. The Kier molecular flexibility index (Phi) is 4.71. The molecule has 0 bridgehead atoms. The van der Waals surface area contributed by atoms with Gasteiger partial charge in [-0.2, -0.15) is 0 Å². The highest BCUT2D eigenvalue weighted by molar-refractivity contribution is 7.88. The normalized spacial score (nSPS) is 33.0. The number of aliphatic carboxylic acids is 1. The van der Waals surface area contributed by atoms with Crippen molar-refractivity contribution in [2.45, 2.75) is 32.1 Å². The van der Waals surface area contributed by atoms with Gasteiger partial charge in [-0.25, -0.2) is 12.7 Å². The predicted octanol–water partition coefficient (Wildman–Crippen LogP) is 0.929. The predicted molar refractivity (Wildman–Crippen MR) is 73.9 cm³/mol. The van der Waals surface area contributed by atoms with Crippen molar-refractivity contribution in [2.75, 3.05) is 32.6 Å². The highest BCUT2D eigenvalue weighted by atomic mass is 32.2. The van der Waals surface area contributed by atoms with E-state index in [-0.39, 0.29) is 12.5 Å². The van der Waals surface area contributed by atoms with Gasteiger partial charge in [-0.1, -0.05) is 0 Å². The summed E-state index contributed by atoms with van der Waals surface area (Å²) in [6.07, 6.45) is 4.79. The first-order chi connectivity index (χ1) is 9.33. The SMILES string of the molecule is CS(=O)(=O)N1CCCC(CC2(C(=O)O)CCCOC2)C1. The Morgan fingerprint density at radius 2 is 2.20 bits per heavy atom. The zero-order chi connectivity index (χ0) is 14.8. The fourth-order valence-corrected chi connectivity index (χ4v) is 4.26. The van der Waals surface area contributed by atoms with Crippen LogP contribution < -0.4 is 0 Å². The van der Waals surface area contributed by atoms with E-state index in [2.05, 4.69) is 0 Å². The zero-order valence-electron chi connectivity index (χ0n) is 11.9. The van der Waals surface area contributed by atoms with Gasteiger partial charge in [-0.05, 0) is 38.0 Å². The Morgan fingerprint density at radius 3 is 2.75 bits per heavy atom. The molecule has 0 aromatic heterocycles. The molecule has 0 aromatic rings. The lowest BCUT2D eigenvalue weighted by Crippen LogP contribution is -2.45. The van der Waals surface area contributed by atoms with Gasteiger partial charge in [-0.3, -0.25) is 4.79 Å². The summed E-state index contributed by atoms with van der Waals surface area (Å²) in [5.74, 6) is -0.704. The summed E-state index contributed by atoms with van der Waals surface area (Å²) in [5, 5.41) is 9.53. The van der Waals surface area contributed by atoms with E-state index in [9.17, 15) is 18.3 Å². The van der Waals surface area contributed by atoms with Gasteiger partial charge in [0.05, 0.1) is 18.3 Å². The maximum atomic E-state index is 11.6. The minimum absolute atomic E-state index is 0.108. The Labute approximate surface area is 120 Å². The lowest BCUT2D eigenvalue weighted by Gasteiger charge is -2.39. The van der Waals surface area contributed by atoms with Crippen LogP contribution in [0.5, 0.6) is 0 Å². The molecule has 6 nitrogen and oxygen atoms in total. The van der Waals surface area contributed by atoms with Crippen molar-refractivity contribution < 1.29 is 23.1 Å². The molecule has 7 heteroatoms. The van der Waals surface area contributed by atoms with Crippen molar-refractivity contribution in [2.24, 2.45) is 11.3 Å². The third-order valence-electron chi connectivity index (χ3n) is 4.41. The molecule has 0 saturated carbocycles. The molecule has 0 amide bonds. The fourth-order valence-electron chi connectivity index (χ4n) is 3.32. The van der Waals surface area contributed by atoms with Gasteiger partial charge in [0.1, 0.15) is 0 Å². The van der Waals surface area contributed by atoms with Crippen LogP contribution in [0.1, 0.15) is 32.1 Å². The van der Waals surface area contributed by atoms with Crippen LogP contribution >= 0.6 is 0 Å². The van der Waals surface area contributed by atoms with Gasteiger partial charge in [0.15, 0.2) is 0 Å². The second kappa shape index (κ2) is 5.99. The molecule has 116 valence electrons. The Morgan fingerprint density at radius 1 is 1.45 bits per heavy atom. The highest BCUT2D eigenvalue weighted by Gasteiger charge is 2.43. The fraction of sp³-hybridized carbons (Fsp3) is 0.923. The summed E-state index contributed by atoms with van der Waals surface area (Å²) in [7, 11) is -3.18. The van der Waals surface area contributed by atoms with E-state index in [4.69, 9.17) is 4.74 Å². The number of carbonyl (C=O) groups is 1. The van der Waals surface area contributed by atoms with E-state index in [0.29, 0.717) is 32.5 Å². The van der Waals surface area contributed by atoms with Crippen molar-refractivity contribution in [3.05, 3.63) is 0 Å². The van der Waals surface area contributed by atoms with E-state index in [1.54, 1.807) is 0 Å². The molecular formula is C13H23NO5S. The van der Waals surface area contributed by atoms with Crippen molar-refractivity contribution in [3.63, 3.8) is 0 Å². The lowest BCUT2D eigenvalue weighted by molar-refractivity contribution is -0.159. The third kappa shape index (κ3) is 3.51. The van der Waals surface area contributed by atoms with E-state index < -0.39 is 21.4 Å². The smallest absolute Gasteiger partial charge is 0.311 e. The number of sulfonamides is 1. The highest BCUT2D eigenvalue weighted by Crippen LogP contribution is 2.38. The first kappa shape index (κ1) is 15.7. The number of rotatable bonds is 4. The largest absolute Gasteiger partial charge is 0.481 e. The standard InChI is InChI=1S/C13H23NO5S/c1-20(17,18)14-6-2-4-11(9-14)8-13(12(15)16)5-3-7-19-10-13/h11H,2-10H2,1H3,(H,15,16). The number of ether oxygens (including phenoxy) is 1. The molecule has 20 heavy (non-hydrogen) atoms. The Bertz CT molecular complexity index is 455. The van der Waals surface area contributed by atoms with Crippen LogP contribution in [0.25, 0.3) is 0 Å². The minimum atomic E-state index is -3.18. The van der Waals surface area contributed by atoms with Gasteiger partial charge in [-0.15, -0.1) is 0 Å². The molecular weight excluding hydrogens is 282 g/mol. The van der Waals surface area contributed by atoms with E-state index in [0.717, 1.165) is 19.3 Å². The molecule has 2 aliphatic rings. The second-order valence-electron chi connectivity index (χ2n) is 6.08. The molecule has 2 atom stereocenters. The monoisotopic (exact) mass is 305 g/mol. The molecule has 2 heterocycles. The Balaban J connectivity index is 2.05. The van der Waals surface area contributed by atoms with Crippen LogP contribution in [0, 0.1) is 11.3 Å². The lowest BCUT2D eigenvalue weighted by atomic mass is 9.74. The summed E-state index contributed by atoms with van der Waals surface area (Å²) < 4.78 is 30.1. The molecule has 2 unspecified atom stereocenters. The third-order valence-corrected chi connectivity index (χ3v) is 5.68. The molecule has 0 spiro atoms. The molecule has 0 radical (unpaired) electrons. The van der Waals surface area contributed by atoms with Crippen LogP contribution in [0.3, 0.4) is 0 Å². The summed E-state index contributed by atoms with van der Waals surface area (Å²) >= 11 is 0. The molecule has 2 rings (SSSR count). The number of carboxylic acids is 1. The van der Waals surface area contributed by atoms with Gasteiger partial charge < -0.3 is 9.84 Å². The summed E-state index contributed by atoms with van der Waals surface area (Å²) in [4.78, 5) is 11.6. The number of nitrogens with zero attached hydrogens (tertiary/aromatic N) is 1. The first-order valence-electron chi connectivity index (χ1n) is 7.10. The van der Waals surface area contributed by atoms with Crippen molar-refractivity contribution in [1.82, 2.24) is 4.31 Å². The Hall–Kier alpha value is -0.660. The second-order valence-corrected chi connectivity index (χ2v) is 8.06. The average Bonchev–Trinajstić information content (AvgIpc) is 2.39. The zero-order valence-corrected chi connectivity index (χ0v) is 12.7. The quantitative estimate of drug-likeness (QED) is 0.835. The van der Waals surface area contributed by atoms with E-state index in [1.807, 2.05) is 0 Å².